The van der Waals surface area contributed by atoms with Gasteiger partial charge < -0.3 is 24.8 Å². The van der Waals surface area contributed by atoms with Crippen LogP contribution in [-0.2, 0) is 16.0 Å². The molecule has 1 aliphatic rings. The van der Waals surface area contributed by atoms with Crippen LogP contribution in [0.4, 0.5) is 0 Å². The first-order chi connectivity index (χ1) is 15.3. The van der Waals surface area contributed by atoms with Crippen LogP contribution < -0.4 is 15.4 Å². The summed E-state index contributed by atoms with van der Waals surface area (Å²) in [7, 11) is 1.69. The highest BCUT2D eigenvalue weighted by molar-refractivity contribution is 14.0. The number of nitrogens with one attached hydrogen (secondary N) is 2. The van der Waals surface area contributed by atoms with Gasteiger partial charge in [-0.05, 0) is 66.8 Å². The molecule has 1 saturated heterocycles. The normalized spacial score (nSPS) is 14.6. The van der Waals surface area contributed by atoms with Gasteiger partial charge in [-0.25, -0.2) is 4.99 Å². The van der Waals surface area contributed by atoms with Crippen molar-refractivity contribution in [2.45, 2.75) is 32.7 Å². The number of aliphatic imine (C=N–C) groups is 1. The van der Waals surface area contributed by atoms with E-state index in [0.29, 0.717) is 12.5 Å². The SMILES string of the molecule is CCNC(=NCc1cc(-c2ccc(OC)cc2)cs1)NCCCOCC1CCOCC1.I. The molecule has 0 atom stereocenters. The minimum Gasteiger partial charge on any atom is -0.497 e. The Morgan fingerprint density at radius 2 is 1.94 bits per heavy atom. The Morgan fingerprint density at radius 1 is 1.16 bits per heavy atom. The van der Waals surface area contributed by atoms with Crippen LogP contribution in [0.15, 0.2) is 40.7 Å². The molecule has 0 amide bonds. The van der Waals surface area contributed by atoms with E-state index in [1.54, 1.807) is 18.4 Å². The number of guanidine groups is 1. The van der Waals surface area contributed by atoms with E-state index in [4.69, 9.17) is 19.2 Å². The Kier molecular flexibility index (Phi) is 13.0. The molecule has 0 bridgehead atoms. The van der Waals surface area contributed by atoms with Crippen LogP contribution in [0.3, 0.4) is 0 Å². The molecule has 6 nitrogen and oxygen atoms in total. The van der Waals surface area contributed by atoms with E-state index in [-0.39, 0.29) is 24.0 Å². The number of halogens is 1. The molecule has 0 spiro atoms. The van der Waals surface area contributed by atoms with Crippen molar-refractivity contribution < 1.29 is 14.2 Å². The van der Waals surface area contributed by atoms with Crippen molar-refractivity contribution in [3.05, 3.63) is 40.6 Å². The number of thiophene rings is 1. The van der Waals surface area contributed by atoms with E-state index >= 15 is 0 Å². The van der Waals surface area contributed by atoms with Crippen molar-refractivity contribution in [3.63, 3.8) is 0 Å². The van der Waals surface area contributed by atoms with E-state index < -0.39 is 0 Å². The predicted molar refractivity (Wildman–Crippen MR) is 144 cm³/mol. The summed E-state index contributed by atoms with van der Waals surface area (Å²) in [5.74, 6) is 2.39. The molecule has 0 unspecified atom stereocenters. The number of rotatable bonds is 11. The zero-order chi connectivity index (χ0) is 21.7. The molecule has 0 aliphatic carbocycles. The van der Waals surface area contributed by atoms with E-state index in [1.807, 2.05) is 12.1 Å². The van der Waals surface area contributed by atoms with E-state index in [9.17, 15) is 0 Å². The van der Waals surface area contributed by atoms with Gasteiger partial charge in [0.05, 0.1) is 13.7 Å². The van der Waals surface area contributed by atoms with E-state index in [1.165, 1.54) is 16.0 Å². The van der Waals surface area contributed by atoms with Gasteiger partial charge in [-0.3, -0.25) is 0 Å². The van der Waals surface area contributed by atoms with E-state index in [0.717, 1.165) is 70.5 Å². The second-order valence-electron chi connectivity index (χ2n) is 7.64. The summed E-state index contributed by atoms with van der Waals surface area (Å²) in [5, 5.41) is 8.91. The van der Waals surface area contributed by atoms with Crippen molar-refractivity contribution in [2.24, 2.45) is 10.9 Å². The molecule has 32 heavy (non-hydrogen) atoms. The fourth-order valence-electron chi connectivity index (χ4n) is 3.44. The lowest BCUT2D eigenvalue weighted by atomic mass is 10.0. The van der Waals surface area contributed by atoms with Crippen LogP contribution in [-0.4, -0.2) is 52.6 Å². The number of methoxy groups -OCH3 is 1. The molecule has 3 rings (SSSR count). The fourth-order valence-corrected chi connectivity index (χ4v) is 4.26. The lowest BCUT2D eigenvalue weighted by Gasteiger charge is -2.21. The third-order valence-corrected chi connectivity index (χ3v) is 6.19. The highest BCUT2D eigenvalue weighted by Crippen LogP contribution is 2.27. The second-order valence-corrected chi connectivity index (χ2v) is 8.63. The molecule has 0 radical (unpaired) electrons. The number of hydrogen-bond acceptors (Lipinski definition) is 5. The van der Waals surface area contributed by atoms with Crippen LogP contribution in [0.5, 0.6) is 5.75 Å². The molecular formula is C24H36IN3O3S. The maximum absolute atomic E-state index is 5.84. The van der Waals surface area contributed by atoms with Crippen molar-refractivity contribution >= 4 is 41.3 Å². The van der Waals surface area contributed by atoms with Gasteiger partial charge in [0, 0.05) is 44.4 Å². The second kappa shape index (κ2) is 15.5. The lowest BCUT2D eigenvalue weighted by Crippen LogP contribution is -2.38. The Bertz CT molecular complexity index is 792. The third kappa shape index (κ3) is 9.25. The van der Waals surface area contributed by atoms with Crippen molar-refractivity contribution in [1.82, 2.24) is 10.6 Å². The summed E-state index contributed by atoms with van der Waals surface area (Å²) in [6.07, 6.45) is 3.21. The predicted octanol–water partition coefficient (Wildman–Crippen LogP) is 4.93. The number of benzene rings is 1. The van der Waals surface area contributed by atoms with Gasteiger partial charge in [-0.1, -0.05) is 12.1 Å². The molecule has 2 aromatic rings. The van der Waals surface area contributed by atoms with Gasteiger partial charge in [0.15, 0.2) is 5.96 Å². The Balaban J connectivity index is 0.00000363. The average Bonchev–Trinajstić information content (AvgIpc) is 3.29. The van der Waals surface area contributed by atoms with Crippen LogP contribution in [0, 0.1) is 5.92 Å². The van der Waals surface area contributed by atoms with Gasteiger partial charge >= 0.3 is 0 Å². The van der Waals surface area contributed by atoms with Gasteiger partial charge in [0.1, 0.15) is 5.75 Å². The first kappa shape index (κ1) is 26.9. The summed E-state index contributed by atoms with van der Waals surface area (Å²) in [5.41, 5.74) is 2.41. The third-order valence-electron chi connectivity index (χ3n) is 5.27. The lowest BCUT2D eigenvalue weighted by molar-refractivity contribution is 0.0203. The highest BCUT2D eigenvalue weighted by atomic mass is 127. The highest BCUT2D eigenvalue weighted by Gasteiger charge is 2.13. The molecule has 8 heteroatoms. The average molecular weight is 574 g/mol. The maximum Gasteiger partial charge on any atom is 0.191 e. The van der Waals surface area contributed by atoms with Crippen LogP contribution in [0.25, 0.3) is 11.1 Å². The summed E-state index contributed by atoms with van der Waals surface area (Å²) in [4.78, 5) is 5.98. The van der Waals surface area contributed by atoms with Gasteiger partial charge in [0.2, 0.25) is 0 Å². The van der Waals surface area contributed by atoms with Crippen molar-refractivity contribution in [3.8, 4) is 16.9 Å². The quantitative estimate of drug-likeness (QED) is 0.173. The molecule has 2 heterocycles. The molecule has 2 N–H and O–H groups in total. The minimum atomic E-state index is 0. The maximum atomic E-state index is 5.84. The van der Waals surface area contributed by atoms with Gasteiger partial charge in [-0.2, -0.15) is 0 Å². The minimum absolute atomic E-state index is 0. The molecule has 0 saturated carbocycles. The largest absolute Gasteiger partial charge is 0.497 e. The monoisotopic (exact) mass is 573 g/mol. The van der Waals surface area contributed by atoms with Crippen molar-refractivity contribution in [2.75, 3.05) is 46.6 Å². The molecule has 178 valence electrons. The number of ether oxygens (including phenoxy) is 3. The summed E-state index contributed by atoms with van der Waals surface area (Å²) < 4.78 is 16.5. The zero-order valence-electron chi connectivity index (χ0n) is 19.1. The number of nitrogens with zero attached hydrogens (tertiary/aromatic N) is 1. The molecule has 1 fully saturated rings. The number of hydrogen-bond donors (Lipinski definition) is 2. The standard InChI is InChI=1S/C24H35N3O3S.HI/c1-3-25-24(26-11-4-12-30-17-19-9-13-29-14-10-19)27-16-23-15-21(18-31-23)20-5-7-22(28-2)8-6-20;/h5-8,15,18-19H,3-4,9-14,16-17H2,1-2H3,(H2,25,26,27);1H. The van der Waals surface area contributed by atoms with E-state index in [2.05, 4.69) is 41.1 Å². The Hall–Kier alpha value is -1.36. The molecular weight excluding hydrogens is 537 g/mol. The smallest absolute Gasteiger partial charge is 0.191 e. The summed E-state index contributed by atoms with van der Waals surface area (Å²) in [6, 6.07) is 10.4. The van der Waals surface area contributed by atoms with Crippen molar-refractivity contribution in [1.29, 1.82) is 0 Å². The van der Waals surface area contributed by atoms with Gasteiger partial charge in [0.25, 0.3) is 0 Å². The first-order valence-electron chi connectivity index (χ1n) is 11.2. The Labute approximate surface area is 213 Å². The van der Waals surface area contributed by atoms with Crippen LogP contribution in [0.1, 0.15) is 31.1 Å². The summed E-state index contributed by atoms with van der Waals surface area (Å²) >= 11 is 1.74. The zero-order valence-corrected chi connectivity index (χ0v) is 22.2. The Morgan fingerprint density at radius 3 is 2.66 bits per heavy atom. The summed E-state index contributed by atoms with van der Waals surface area (Å²) in [6.45, 7) is 7.83. The molecule has 1 aliphatic heterocycles. The van der Waals surface area contributed by atoms with Crippen LogP contribution in [0.2, 0.25) is 0 Å². The molecule has 1 aromatic heterocycles. The topological polar surface area (TPSA) is 64.1 Å². The fraction of sp³-hybridized carbons (Fsp3) is 0.542. The first-order valence-corrected chi connectivity index (χ1v) is 12.1. The molecule has 1 aromatic carbocycles. The van der Waals surface area contributed by atoms with Crippen LogP contribution >= 0.6 is 35.3 Å². The van der Waals surface area contributed by atoms with Gasteiger partial charge in [-0.15, -0.1) is 35.3 Å².